The lowest BCUT2D eigenvalue weighted by Crippen LogP contribution is -2.20. The van der Waals surface area contributed by atoms with Crippen molar-refractivity contribution < 1.29 is 9.90 Å². The number of aliphatic imine (C=N–C) groups is 1. The molecule has 0 amide bonds. The molecule has 0 aromatic heterocycles. The number of halogens is 1. The zero-order valence-corrected chi connectivity index (χ0v) is 14.5. The molecule has 0 saturated carbocycles. The minimum atomic E-state index is -0.0368. The van der Waals surface area contributed by atoms with Gasteiger partial charge in [0.15, 0.2) is 5.78 Å². The molecule has 0 aliphatic heterocycles. The first-order valence-corrected chi connectivity index (χ1v) is 8.12. The molecule has 22 heavy (non-hydrogen) atoms. The molecule has 1 aliphatic carbocycles. The zero-order valence-electron chi connectivity index (χ0n) is 12.9. The number of benzene rings is 1. The van der Waals surface area contributed by atoms with Gasteiger partial charge in [0.05, 0.1) is 12.1 Å². The summed E-state index contributed by atoms with van der Waals surface area (Å²) in [5.74, 6) is 0.155. The lowest BCUT2D eigenvalue weighted by Gasteiger charge is -2.22. The molecule has 1 N–H and O–H groups in total. The molecule has 1 aliphatic rings. The minimum absolute atomic E-state index is 0.0368. The fourth-order valence-corrected chi connectivity index (χ4v) is 2.71. The van der Waals surface area contributed by atoms with Crippen molar-refractivity contribution in [3.63, 3.8) is 0 Å². The Kier molecular flexibility index (Phi) is 5.91. The van der Waals surface area contributed by atoms with Crippen LogP contribution in [0, 0.1) is 0 Å². The second-order valence-electron chi connectivity index (χ2n) is 5.78. The number of rotatable bonds is 5. The number of allylic oxidation sites excluding steroid dienone is 2. The summed E-state index contributed by atoms with van der Waals surface area (Å²) in [6, 6.07) is 7.90. The predicted molar refractivity (Wildman–Crippen MR) is 92.7 cm³/mol. The van der Waals surface area contributed by atoms with Gasteiger partial charge in [0.25, 0.3) is 0 Å². The normalized spacial score (nSPS) is 19.5. The molecule has 118 valence electrons. The van der Waals surface area contributed by atoms with Gasteiger partial charge in [0.1, 0.15) is 5.76 Å². The quantitative estimate of drug-likeness (QED) is 0.815. The number of hydrogen-bond acceptors (Lipinski definition) is 4. The molecule has 1 atom stereocenters. The number of carbonyl (C=O) groups is 1. The van der Waals surface area contributed by atoms with Gasteiger partial charge in [-0.05, 0) is 37.7 Å². The van der Waals surface area contributed by atoms with Crippen LogP contribution >= 0.6 is 15.9 Å². The first-order valence-electron chi connectivity index (χ1n) is 7.32. The number of likely N-dealkylation sites (N-methyl/N-ethyl adjacent to an activating group) is 1. The van der Waals surface area contributed by atoms with Crippen molar-refractivity contribution in [2.75, 3.05) is 27.2 Å². The Bertz CT molecular complexity index is 591. The van der Waals surface area contributed by atoms with Crippen LogP contribution in [0.15, 0.2) is 45.1 Å². The molecule has 5 heteroatoms. The molecule has 2 rings (SSSR count). The van der Waals surface area contributed by atoms with Gasteiger partial charge < -0.3 is 10.0 Å². The summed E-state index contributed by atoms with van der Waals surface area (Å²) in [5, 5.41) is 10.2. The van der Waals surface area contributed by atoms with Crippen LogP contribution in [0.25, 0.3) is 0 Å². The van der Waals surface area contributed by atoms with E-state index < -0.39 is 0 Å². The van der Waals surface area contributed by atoms with Gasteiger partial charge >= 0.3 is 0 Å². The van der Waals surface area contributed by atoms with Crippen molar-refractivity contribution in [3.8, 4) is 0 Å². The van der Waals surface area contributed by atoms with Gasteiger partial charge in [-0.1, -0.05) is 28.1 Å². The van der Waals surface area contributed by atoms with Crippen molar-refractivity contribution in [2.45, 2.75) is 18.8 Å². The Hall–Kier alpha value is -1.46. The van der Waals surface area contributed by atoms with E-state index in [9.17, 15) is 9.90 Å². The average Bonchev–Trinajstić information content (AvgIpc) is 2.46. The lowest BCUT2D eigenvalue weighted by molar-refractivity contribution is -0.116. The Labute approximate surface area is 139 Å². The van der Waals surface area contributed by atoms with Crippen LogP contribution in [-0.2, 0) is 4.79 Å². The molecule has 0 saturated heterocycles. The topological polar surface area (TPSA) is 52.9 Å². The van der Waals surface area contributed by atoms with Crippen LogP contribution in [-0.4, -0.2) is 49.2 Å². The van der Waals surface area contributed by atoms with Crippen molar-refractivity contribution in [1.82, 2.24) is 4.90 Å². The van der Waals surface area contributed by atoms with Crippen LogP contribution in [0.1, 0.15) is 24.3 Å². The smallest absolute Gasteiger partial charge is 0.168 e. The van der Waals surface area contributed by atoms with E-state index in [1.807, 2.05) is 43.3 Å². The molecule has 0 fully saturated rings. The molecule has 0 spiro atoms. The molecule has 1 aromatic carbocycles. The predicted octanol–water partition coefficient (Wildman–Crippen LogP) is 3.34. The van der Waals surface area contributed by atoms with Gasteiger partial charge in [-0.3, -0.25) is 9.79 Å². The summed E-state index contributed by atoms with van der Waals surface area (Å²) >= 11 is 3.40. The molecular weight excluding hydrogens is 344 g/mol. The number of nitrogens with zero attached hydrogens (tertiary/aromatic N) is 2. The summed E-state index contributed by atoms with van der Waals surface area (Å²) in [4.78, 5) is 18.5. The molecule has 4 nitrogen and oxygen atoms in total. The van der Waals surface area contributed by atoms with Gasteiger partial charge in [-0.2, -0.15) is 0 Å². The third-order valence-corrected chi connectivity index (χ3v) is 4.25. The molecule has 0 heterocycles. The van der Waals surface area contributed by atoms with Crippen LogP contribution in [0.2, 0.25) is 0 Å². The number of ketones is 1. The molecule has 1 aromatic rings. The Morgan fingerprint density at radius 1 is 1.32 bits per heavy atom. The number of aliphatic hydroxyl groups is 1. The monoisotopic (exact) mass is 364 g/mol. The van der Waals surface area contributed by atoms with Crippen molar-refractivity contribution in [3.05, 3.63) is 45.6 Å². The van der Waals surface area contributed by atoms with Gasteiger partial charge in [-0.15, -0.1) is 0 Å². The Balaban J connectivity index is 2.06. The van der Waals surface area contributed by atoms with Gasteiger partial charge in [0.2, 0.25) is 0 Å². The van der Waals surface area contributed by atoms with Crippen molar-refractivity contribution in [1.29, 1.82) is 0 Å². The second-order valence-corrected chi connectivity index (χ2v) is 6.69. The Morgan fingerprint density at radius 3 is 2.59 bits per heavy atom. The maximum absolute atomic E-state index is 12.3. The van der Waals surface area contributed by atoms with Crippen LogP contribution in [0.4, 0.5) is 0 Å². The van der Waals surface area contributed by atoms with E-state index in [0.717, 1.165) is 16.6 Å². The maximum atomic E-state index is 12.3. The maximum Gasteiger partial charge on any atom is 0.168 e. The van der Waals surface area contributed by atoms with E-state index >= 15 is 0 Å². The zero-order chi connectivity index (χ0) is 16.1. The van der Waals surface area contributed by atoms with Crippen LogP contribution < -0.4 is 0 Å². The second kappa shape index (κ2) is 7.70. The molecule has 1 unspecified atom stereocenters. The average molecular weight is 365 g/mol. The molecule has 0 radical (unpaired) electrons. The summed E-state index contributed by atoms with van der Waals surface area (Å²) < 4.78 is 1.01. The SMILES string of the molecule is CN(C)CCN=CC1=C(O)CC(c2ccc(Br)cc2)CC1=O. The summed E-state index contributed by atoms with van der Waals surface area (Å²) in [5.41, 5.74) is 1.44. The third-order valence-electron chi connectivity index (χ3n) is 3.72. The lowest BCUT2D eigenvalue weighted by atomic mass is 9.83. The fourth-order valence-electron chi connectivity index (χ4n) is 2.44. The summed E-state index contributed by atoms with van der Waals surface area (Å²) in [7, 11) is 3.95. The van der Waals surface area contributed by atoms with E-state index in [4.69, 9.17) is 0 Å². The minimum Gasteiger partial charge on any atom is -0.511 e. The van der Waals surface area contributed by atoms with Crippen LogP contribution in [0.5, 0.6) is 0 Å². The number of Topliss-reactive ketones (excluding diaryl/α,β-unsaturated/α-hetero) is 1. The van der Waals surface area contributed by atoms with E-state index in [1.54, 1.807) is 0 Å². The third kappa shape index (κ3) is 4.52. The van der Waals surface area contributed by atoms with E-state index in [1.165, 1.54) is 6.21 Å². The van der Waals surface area contributed by atoms with Crippen molar-refractivity contribution >= 4 is 27.9 Å². The first kappa shape index (κ1) is 16.9. The Morgan fingerprint density at radius 2 is 2.00 bits per heavy atom. The fraction of sp³-hybridized carbons (Fsp3) is 0.412. The molecule has 0 bridgehead atoms. The van der Waals surface area contributed by atoms with E-state index in [0.29, 0.717) is 25.0 Å². The number of carbonyl (C=O) groups excluding carboxylic acids is 1. The van der Waals surface area contributed by atoms with Gasteiger partial charge in [0, 0.05) is 30.1 Å². The molecular formula is C17H21BrN2O2. The summed E-state index contributed by atoms with van der Waals surface area (Å²) in [6.07, 6.45) is 2.43. The highest BCUT2D eigenvalue weighted by Crippen LogP contribution is 2.33. The highest BCUT2D eigenvalue weighted by Gasteiger charge is 2.27. The van der Waals surface area contributed by atoms with E-state index in [-0.39, 0.29) is 17.5 Å². The van der Waals surface area contributed by atoms with E-state index in [2.05, 4.69) is 20.9 Å². The van der Waals surface area contributed by atoms with Crippen LogP contribution in [0.3, 0.4) is 0 Å². The number of hydrogen-bond donors (Lipinski definition) is 1. The highest BCUT2D eigenvalue weighted by molar-refractivity contribution is 9.10. The largest absolute Gasteiger partial charge is 0.511 e. The number of aliphatic hydroxyl groups excluding tert-OH is 1. The first-order chi connectivity index (χ1) is 10.5. The van der Waals surface area contributed by atoms with Gasteiger partial charge in [-0.25, -0.2) is 0 Å². The summed E-state index contributed by atoms with van der Waals surface area (Å²) in [6.45, 7) is 1.44. The highest BCUT2D eigenvalue weighted by atomic mass is 79.9. The van der Waals surface area contributed by atoms with Crippen molar-refractivity contribution in [2.24, 2.45) is 4.99 Å². The standard InChI is InChI=1S/C17H21BrN2O2/c1-20(2)8-7-19-11-15-16(21)9-13(10-17(15)22)12-3-5-14(18)6-4-12/h3-6,11,13,21H,7-10H2,1-2H3.